The molecule has 0 N–H and O–H groups in total. The summed E-state index contributed by atoms with van der Waals surface area (Å²) in [5, 5.41) is 0. The van der Waals surface area contributed by atoms with Crippen molar-refractivity contribution in [3.05, 3.63) is 29.6 Å². The molecule has 0 aromatic carbocycles. The fourth-order valence-electron chi connectivity index (χ4n) is 3.99. The van der Waals surface area contributed by atoms with Crippen LogP contribution in [0.2, 0.25) is 0 Å². The Labute approximate surface area is 168 Å². The number of carbonyl (C=O) groups excluding carboxylic acids is 3. The molecule has 3 aliphatic heterocycles. The van der Waals surface area contributed by atoms with Crippen LogP contribution in [0.5, 0.6) is 0 Å². The summed E-state index contributed by atoms with van der Waals surface area (Å²) in [5.41, 5.74) is 1.04. The Kier molecular flexibility index (Phi) is 4.77. The molecule has 3 aliphatic rings. The Morgan fingerprint density at radius 1 is 1.29 bits per heavy atom. The molecule has 4 rings (SSSR count). The van der Waals surface area contributed by atoms with E-state index in [1.54, 1.807) is 32.5 Å². The van der Waals surface area contributed by atoms with Gasteiger partial charge >= 0.3 is 6.09 Å². The van der Waals surface area contributed by atoms with Crippen LogP contribution in [0.1, 0.15) is 38.8 Å². The number of likely N-dealkylation sites (tertiary alicyclic amines) is 1. The molecular formula is C20H25N3O4S. The molecule has 2 atom stereocenters. The SMILES string of the molecule is CC(C)(C)OC(=O)N1CC(=O)C[C@H]1C1=Cn2cccc2C1C(=O)N1CCSC1. The largest absolute Gasteiger partial charge is 0.444 e. The number of hydrogen-bond acceptors (Lipinski definition) is 5. The maximum absolute atomic E-state index is 13.3. The zero-order chi connectivity index (χ0) is 20.1. The molecule has 0 bridgehead atoms. The molecule has 1 aromatic rings. The van der Waals surface area contributed by atoms with E-state index in [1.165, 1.54) is 4.90 Å². The van der Waals surface area contributed by atoms with Crippen molar-refractivity contribution in [2.75, 3.05) is 24.7 Å². The fourth-order valence-corrected chi connectivity index (χ4v) is 4.95. The highest BCUT2D eigenvalue weighted by Crippen LogP contribution is 2.40. The number of rotatable bonds is 2. The molecule has 0 saturated carbocycles. The summed E-state index contributed by atoms with van der Waals surface area (Å²) < 4.78 is 7.44. The Balaban J connectivity index is 1.65. The number of aromatic nitrogens is 1. The first-order chi connectivity index (χ1) is 13.2. The van der Waals surface area contributed by atoms with Gasteiger partial charge < -0.3 is 14.2 Å². The van der Waals surface area contributed by atoms with Crippen molar-refractivity contribution < 1.29 is 19.1 Å². The Morgan fingerprint density at radius 2 is 2.07 bits per heavy atom. The average Bonchev–Trinajstić information content (AvgIpc) is 3.35. The molecule has 2 amide bonds. The van der Waals surface area contributed by atoms with Crippen LogP contribution < -0.4 is 0 Å². The van der Waals surface area contributed by atoms with Gasteiger partial charge in [-0.05, 0) is 38.5 Å². The number of Topliss-reactive ketones (excluding diaryl/α,β-unsaturated/α-hetero) is 1. The van der Waals surface area contributed by atoms with Gasteiger partial charge in [-0.25, -0.2) is 4.79 Å². The second-order valence-electron chi connectivity index (χ2n) is 8.41. The minimum absolute atomic E-state index is 0.0173. The van der Waals surface area contributed by atoms with Crippen LogP contribution in [-0.2, 0) is 14.3 Å². The molecule has 150 valence electrons. The van der Waals surface area contributed by atoms with Crippen molar-refractivity contribution in [2.24, 2.45) is 0 Å². The number of carbonyl (C=O) groups is 3. The van der Waals surface area contributed by atoms with Gasteiger partial charge in [0.05, 0.1) is 18.5 Å². The van der Waals surface area contributed by atoms with Crippen LogP contribution >= 0.6 is 11.8 Å². The molecule has 0 radical (unpaired) electrons. The van der Waals surface area contributed by atoms with Crippen LogP contribution in [0.3, 0.4) is 0 Å². The van der Waals surface area contributed by atoms with Crippen molar-refractivity contribution >= 4 is 35.7 Å². The first kappa shape index (κ1) is 19.1. The predicted molar refractivity (Wildman–Crippen MR) is 107 cm³/mol. The summed E-state index contributed by atoms with van der Waals surface area (Å²) in [6, 6.07) is 3.39. The van der Waals surface area contributed by atoms with Crippen LogP contribution in [0, 0.1) is 0 Å². The maximum atomic E-state index is 13.3. The van der Waals surface area contributed by atoms with Crippen LogP contribution in [0.4, 0.5) is 4.79 Å². The summed E-state index contributed by atoms with van der Waals surface area (Å²) >= 11 is 1.74. The number of amides is 2. The molecule has 8 heteroatoms. The molecule has 4 heterocycles. The minimum Gasteiger partial charge on any atom is -0.444 e. The summed E-state index contributed by atoms with van der Waals surface area (Å²) in [6.07, 6.45) is 3.51. The number of hydrogen-bond donors (Lipinski definition) is 0. The lowest BCUT2D eigenvalue weighted by atomic mass is 9.90. The molecule has 1 aromatic heterocycles. The highest BCUT2D eigenvalue weighted by Gasteiger charge is 2.46. The minimum atomic E-state index is -0.648. The lowest BCUT2D eigenvalue weighted by Gasteiger charge is -2.31. The number of fused-ring (bicyclic) bond motifs is 1. The second-order valence-corrected chi connectivity index (χ2v) is 9.48. The Bertz CT molecular complexity index is 848. The van der Waals surface area contributed by atoms with E-state index in [-0.39, 0.29) is 24.7 Å². The first-order valence-electron chi connectivity index (χ1n) is 9.51. The lowest BCUT2D eigenvalue weighted by Crippen LogP contribution is -2.43. The van der Waals surface area contributed by atoms with E-state index in [0.717, 1.165) is 23.6 Å². The monoisotopic (exact) mass is 403 g/mol. The van der Waals surface area contributed by atoms with Crippen LogP contribution in [-0.4, -0.2) is 68.5 Å². The molecule has 0 spiro atoms. The predicted octanol–water partition coefficient (Wildman–Crippen LogP) is 2.54. The van der Waals surface area contributed by atoms with Crippen LogP contribution in [0.15, 0.2) is 23.9 Å². The van der Waals surface area contributed by atoms with Crippen molar-refractivity contribution in [1.82, 2.24) is 14.4 Å². The van der Waals surface area contributed by atoms with Gasteiger partial charge in [0, 0.05) is 36.8 Å². The van der Waals surface area contributed by atoms with E-state index in [2.05, 4.69) is 0 Å². The summed E-state index contributed by atoms with van der Waals surface area (Å²) in [4.78, 5) is 41.6. The third-order valence-corrected chi connectivity index (χ3v) is 6.16. The maximum Gasteiger partial charge on any atom is 0.411 e. The smallest absolute Gasteiger partial charge is 0.411 e. The molecule has 2 fully saturated rings. The van der Waals surface area contributed by atoms with E-state index < -0.39 is 23.7 Å². The van der Waals surface area contributed by atoms with Crippen molar-refractivity contribution in [3.63, 3.8) is 0 Å². The quantitative estimate of drug-likeness (QED) is 0.759. The van der Waals surface area contributed by atoms with E-state index in [4.69, 9.17) is 4.74 Å². The normalized spacial score (nSPS) is 24.5. The van der Waals surface area contributed by atoms with Crippen molar-refractivity contribution in [3.8, 4) is 0 Å². The lowest BCUT2D eigenvalue weighted by molar-refractivity contribution is -0.130. The van der Waals surface area contributed by atoms with Gasteiger partial charge in [-0.2, -0.15) is 0 Å². The molecular weight excluding hydrogens is 378 g/mol. The molecule has 2 saturated heterocycles. The molecule has 1 unspecified atom stereocenters. The van der Waals surface area contributed by atoms with E-state index in [1.807, 2.05) is 34.0 Å². The Morgan fingerprint density at radius 3 is 2.75 bits per heavy atom. The van der Waals surface area contributed by atoms with E-state index >= 15 is 0 Å². The number of ether oxygens (including phenoxy) is 1. The fraction of sp³-hybridized carbons (Fsp3) is 0.550. The van der Waals surface area contributed by atoms with Gasteiger partial charge in [0.15, 0.2) is 5.78 Å². The third-order valence-electron chi connectivity index (χ3n) is 5.20. The highest BCUT2D eigenvalue weighted by molar-refractivity contribution is 7.99. The number of nitrogens with zero attached hydrogens (tertiary/aromatic N) is 3. The van der Waals surface area contributed by atoms with Gasteiger partial charge in [0.2, 0.25) is 5.91 Å². The van der Waals surface area contributed by atoms with Gasteiger partial charge in [0.25, 0.3) is 0 Å². The first-order valence-corrected chi connectivity index (χ1v) is 10.7. The third kappa shape index (κ3) is 3.45. The van der Waals surface area contributed by atoms with Gasteiger partial charge in [-0.3, -0.25) is 14.5 Å². The van der Waals surface area contributed by atoms with Crippen LogP contribution in [0.25, 0.3) is 6.20 Å². The van der Waals surface area contributed by atoms with E-state index in [9.17, 15) is 14.4 Å². The van der Waals surface area contributed by atoms with Crippen molar-refractivity contribution in [2.45, 2.75) is 44.8 Å². The zero-order valence-corrected chi connectivity index (χ0v) is 17.2. The van der Waals surface area contributed by atoms with Gasteiger partial charge in [-0.1, -0.05) is 0 Å². The zero-order valence-electron chi connectivity index (χ0n) is 16.4. The highest BCUT2D eigenvalue weighted by atomic mass is 32.2. The summed E-state index contributed by atoms with van der Waals surface area (Å²) in [7, 11) is 0. The topological polar surface area (TPSA) is 71.8 Å². The Hall–Kier alpha value is -2.22. The summed E-state index contributed by atoms with van der Waals surface area (Å²) in [6.45, 7) is 6.15. The second kappa shape index (κ2) is 6.99. The van der Waals surface area contributed by atoms with E-state index in [0.29, 0.717) is 5.88 Å². The van der Waals surface area contributed by atoms with Gasteiger partial charge in [-0.15, -0.1) is 11.8 Å². The number of thioether (sulfide) groups is 1. The molecule has 28 heavy (non-hydrogen) atoms. The van der Waals surface area contributed by atoms with Crippen molar-refractivity contribution in [1.29, 1.82) is 0 Å². The van der Waals surface area contributed by atoms with Gasteiger partial charge in [0.1, 0.15) is 11.5 Å². The number of ketones is 1. The molecule has 7 nitrogen and oxygen atoms in total. The standard InChI is InChI=1S/C20H25N3O4S/c1-20(2,3)27-19(26)23-10-13(24)9-16(23)14-11-21-6-4-5-15(21)17(14)18(25)22-7-8-28-12-22/h4-6,11,16-17H,7-10,12H2,1-3H3/t16-,17?/m0/s1. The molecule has 0 aliphatic carbocycles. The average molecular weight is 404 g/mol. The summed E-state index contributed by atoms with van der Waals surface area (Å²) in [5.74, 6) is 1.18.